The molecule has 0 aromatic heterocycles. The Labute approximate surface area is 92.0 Å². The molecule has 4 heteroatoms. The maximum atomic E-state index is 12.0. The Morgan fingerprint density at radius 1 is 1.60 bits per heavy atom. The predicted octanol–water partition coefficient (Wildman–Crippen LogP) is 0.479. The minimum atomic E-state index is 0.0255. The van der Waals surface area contributed by atoms with Crippen LogP contribution < -0.4 is 5.32 Å². The zero-order valence-corrected chi connectivity index (χ0v) is 9.95. The van der Waals surface area contributed by atoms with E-state index in [1.165, 1.54) is 0 Å². The third-order valence-corrected chi connectivity index (χ3v) is 3.02. The lowest BCUT2D eigenvalue weighted by molar-refractivity contribution is -0.132. The number of carbonyl (C=O) groups excluding carboxylic acids is 1. The van der Waals surface area contributed by atoms with Gasteiger partial charge in [0.1, 0.15) is 0 Å². The minimum absolute atomic E-state index is 0.0255. The Hall–Kier alpha value is -0.610. The summed E-state index contributed by atoms with van der Waals surface area (Å²) in [6, 6.07) is 0.0255. The Bertz CT molecular complexity index is 209. The van der Waals surface area contributed by atoms with Crippen molar-refractivity contribution in [2.75, 3.05) is 33.9 Å². The van der Waals surface area contributed by atoms with Crippen molar-refractivity contribution in [2.24, 2.45) is 5.92 Å². The molecule has 1 N–H and O–H groups in total. The lowest BCUT2D eigenvalue weighted by Gasteiger charge is -2.23. The van der Waals surface area contributed by atoms with Crippen molar-refractivity contribution in [3.8, 4) is 0 Å². The normalized spacial score (nSPS) is 25.5. The average Bonchev–Trinajstić information content (AvgIpc) is 2.63. The molecule has 2 atom stereocenters. The third-order valence-electron chi connectivity index (χ3n) is 3.02. The number of nitrogens with one attached hydrogen (secondary N) is 1. The van der Waals surface area contributed by atoms with Crippen molar-refractivity contribution < 1.29 is 9.53 Å². The second-order valence-electron chi connectivity index (χ2n) is 4.30. The molecule has 15 heavy (non-hydrogen) atoms. The second kappa shape index (κ2) is 6.08. The third kappa shape index (κ3) is 3.47. The van der Waals surface area contributed by atoms with Gasteiger partial charge in [0.15, 0.2) is 0 Å². The smallest absolute Gasteiger partial charge is 0.239 e. The maximum Gasteiger partial charge on any atom is 0.239 e. The largest absolute Gasteiger partial charge is 0.385 e. The van der Waals surface area contributed by atoms with Gasteiger partial charge in [-0.05, 0) is 25.3 Å². The summed E-state index contributed by atoms with van der Waals surface area (Å²) in [6.07, 6.45) is 2.00. The summed E-state index contributed by atoms with van der Waals surface area (Å²) in [5.41, 5.74) is 0. The summed E-state index contributed by atoms with van der Waals surface area (Å²) in [5.74, 6) is 0.679. The first-order valence-electron chi connectivity index (χ1n) is 5.64. The lowest BCUT2D eigenvalue weighted by atomic mass is 10.0. The van der Waals surface area contributed by atoms with Crippen LogP contribution in [-0.4, -0.2) is 50.7 Å². The van der Waals surface area contributed by atoms with E-state index in [2.05, 4.69) is 12.2 Å². The Balaban J connectivity index is 2.31. The molecule has 0 aromatic carbocycles. The van der Waals surface area contributed by atoms with Crippen LogP contribution in [0.2, 0.25) is 0 Å². The summed E-state index contributed by atoms with van der Waals surface area (Å²) < 4.78 is 4.96. The average molecular weight is 214 g/mol. The molecular formula is C11H22N2O2. The number of methoxy groups -OCH3 is 1. The fourth-order valence-corrected chi connectivity index (χ4v) is 1.96. The number of hydrogen-bond acceptors (Lipinski definition) is 3. The molecule has 0 aliphatic carbocycles. The highest BCUT2D eigenvalue weighted by Gasteiger charge is 2.30. The molecule has 1 aliphatic rings. The number of likely N-dealkylation sites (N-methyl/N-ethyl adjacent to an activating group) is 1. The molecule has 2 unspecified atom stereocenters. The standard InChI is InChI=1S/C11H22N2O2/c1-9-5-6-12-10(9)11(14)13(2)7-4-8-15-3/h9-10,12H,4-8H2,1-3H3. The van der Waals surface area contributed by atoms with Gasteiger partial charge >= 0.3 is 0 Å². The Morgan fingerprint density at radius 2 is 2.33 bits per heavy atom. The second-order valence-corrected chi connectivity index (χ2v) is 4.30. The molecule has 0 saturated carbocycles. The van der Waals surface area contributed by atoms with Gasteiger partial charge in [-0.15, -0.1) is 0 Å². The van der Waals surface area contributed by atoms with Gasteiger partial charge in [0.25, 0.3) is 0 Å². The van der Waals surface area contributed by atoms with Gasteiger partial charge in [-0.2, -0.15) is 0 Å². The van der Waals surface area contributed by atoms with E-state index >= 15 is 0 Å². The molecule has 0 bridgehead atoms. The molecule has 0 aromatic rings. The number of nitrogens with zero attached hydrogens (tertiary/aromatic N) is 1. The van der Waals surface area contributed by atoms with Gasteiger partial charge in [0, 0.05) is 27.3 Å². The van der Waals surface area contributed by atoms with Crippen molar-refractivity contribution in [3.05, 3.63) is 0 Å². The van der Waals surface area contributed by atoms with Crippen molar-refractivity contribution in [3.63, 3.8) is 0 Å². The van der Waals surface area contributed by atoms with Crippen LogP contribution in [0.4, 0.5) is 0 Å². The number of ether oxygens (including phenoxy) is 1. The number of rotatable bonds is 5. The van der Waals surface area contributed by atoms with Crippen molar-refractivity contribution >= 4 is 5.91 Å². The highest BCUT2D eigenvalue weighted by atomic mass is 16.5. The van der Waals surface area contributed by atoms with E-state index in [1.807, 2.05) is 7.05 Å². The highest BCUT2D eigenvalue weighted by Crippen LogP contribution is 2.16. The Kier molecular flexibility index (Phi) is 5.05. The van der Waals surface area contributed by atoms with Gasteiger partial charge in [-0.25, -0.2) is 0 Å². The molecule has 0 spiro atoms. The quantitative estimate of drug-likeness (QED) is 0.677. The van der Waals surface area contributed by atoms with Gasteiger partial charge in [-0.3, -0.25) is 4.79 Å². The van der Waals surface area contributed by atoms with Crippen LogP contribution in [0.15, 0.2) is 0 Å². The summed E-state index contributed by atoms with van der Waals surface area (Å²) in [4.78, 5) is 13.8. The zero-order valence-electron chi connectivity index (χ0n) is 9.95. The van der Waals surface area contributed by atoms with Crippen LogP contribution in [0.25, 0.3) is 0 Å². The van der Waals surface area contributed by atoms with Crippen LogP contribution in [0.1, 0.15) is 19.8 Å². The lowest BCUT2D eigenvalue weighted by Crippen LogP contribution is -2.44. The summed E-state index contributed by atoms with van der Waals surface area (Å²) in [5, 5.41) is 3.25. The molecule has 4 nitrogen and oxygen atoms in total. The van der Waals surface area contributed by atoms with Crippen LogP contribution in [0.5, 0.6) is 0 Å². The number of hydrogen-bond donors (Lipinski definition) is 1. The van der Waals surface area contributed by atoms with E-state index in [0.29, 0.717) is 12.5 Å². The molecule has 1 saturated heterocycles. The summed E-state index contributed by atoms with van der Waals surface area (Å²) in [7, 11) is 3.55. The molecule has 1 rings (SSSR count). The van der Waals surface area contributed by atoms with E-state index in [-0.39, 0.29) is 11.9 Å². The molecule has 1 heterocycles. The van der Waals surface area contributed by atoms with E-state index in [4.69, 9.17) is 4.74 Å². The topological polar surface area (TPSA) is 41.6 Å². The molecule has 88 valence electrons. The number of amides is 1. The van der Waals surface area contributed by atoms with E-state index in [9.17, 15) is 4.79 Å². The molecular weight excluding hydrogens is 192 g/mol. The van der Waals surface area contributed by atoms with Gasteiger partial charge < -0.3 is 15.0 Å². The van der Waals surface area contributed by atoms with Crippen LogP contribution in [-0.2, 0) is 9.53 Å². The first kappa shape index (κ1) is 12.5. The molecule has 1 fully saturated rings. The van der Waals surface area contributed by atoms with Crippen LogP contribution in [0, 0.1) is 5.92 Å². The van der Waals surface area contributed by atoms with Crippen LogP contribution in [0.3, 0.4) is 0 Å². The number of carbonyl (C=O) groups is 1. The predicted molar refractivity (Wildman–Crippen MR) is 59.7 cm³/mol. The fourth-order valence-electron chi connectivity index (χ4n) is 1.96. The van der Waals surface area contributed by atoms with Gasteiger partial charge in [0.2, 0.25) is 5.91 Å². The maximum absolute atomic E-state index is 12.0. The molecule has 1 amide bonds. The fraction of sp³-hybridized carbons (Fsp3) is 0.909. The monoisotopic (exact) mass is 214 g/mol. The highest BCUT2D eigenvalue weighted by molar-refractivity contribution is 5.82. The van der Waals surface area contributed by atoms with Gasteiger partial charge in [0.05, 0.1) is 6.04 Å². The van der Waals surface area contributed by atoms with Gasteiger partial charge in [-0.1, -0.05) is 6.92 Å². The SMILES string of the molecule is COCCCN(C)C(=O)C1NCCC1C. The first-order valence-corrected chi connectivity index (χ1v) is 5.64. The molecule has 1 aliphatic heterocycles. The zero-order chi connectivity index (χ0) is 11.3. The molecule has 0 radical (unpaired) electrons. The van der Waals surface area contributed by atoms with Crippen LogP contribution >= 0.6 is 0 Å². The van der Waals surface area contributed by atoms with Crippen molar-refractivity contribution in [1.82, 2.24) is 10.2 Å². The minimum Gasteiger partial charge on any atom is -0.385 e. The van der Waals surface area contributed by atoms with Crippen molar-refractivity contribution in [2.45, 2.75) is 25.8 Å². The summed E-state index contributed by atoms with van der Waals surface area (Å²) >= 11 is 0. The van der Waals surface area contributed by atoms with E-state index in [1.54, 1.807) is 12.0 Å². The Morgan fingerprint density at radius 3 is 2.87 bits per heavy atom. The van der Waals surface area contributed by atoms with E-state index in [0.717, 1.165) is 25.9 Å². The summed E-state index contributed by atoms with van der Waals surface area (Å²) in [6.45, 7) is 4.58. The van der Waals surface area contributed by atoms with E-state index < -0.39 is 0 Å². The first-order chi connectivity index (χ1) is 7.16. The van der Waals surface area contributed by atoms with Crippen molar-refractivity contribution in [1.29, 1.82) is 0 Å².